The summed E-state index contributed by atoms with van der Waals surface area (Å²) in [4.78, 5) is 21.2. The zero-order valence-electron chi connectivity index (χ0n) is 6.30. The number of amides is 1. The average molecular weight is 161 g/mol. The summed E-state index contributed by atoms with van der Waals surface area (Å²) in [5.41, 5.74) is 0. The van der Waals surface area contributed by atoms with Gasteiger partial charge < -0.3 is 5.32 Å². The highest BCUT2D eigenvalue weighted by atomic mass is 32.2. The first-order valence-electron chi connectivity index (χ1n) is 2.93. The molecule has 0 aromatic carbocycles. The molecule has 0 spiro atoms. The Morgan fingerprint density at radius 2 is 2.00 bits per heavy atom. The maximum Gasteiger partial charge on any atom is 0.217 e. The Labute approximate surface area is 64.6 Å². The minimum Gasteiger partial charge on any atom is -0.346 e. The second-order valence-electron chi connectivity index (χ2n) is 1.95. The molecule has 0 aliphatic heterocycles. The van der Waals surface area contributed by atoms with Crippen LogP contribution in [0.15, 0.2) is 0 Å². The maximum absolute atomic E-state index is 10.8. The molecule has 58 valence electrons. The van der Waals surface area contributed by atoms with Gasteiger partial charge in [0.15, 0.2) is 0 Å². The Morgan fingerprint density at radius 1 is 1.50 bits per heavy atom. The lowest BCUT2D eigenvalue weighted by molar-refractivity contribution is -0.122. The van der Waals surface area contributed by atoms with Gasteiger partial charge in [-0.3, -0.25) is 9.59 Å². The number of rotatable bonds is 2. The monoisotopic (exact) mass is 161 g/mol. The predicted octanol–water partition coefficient (Wildman–Crippen LogP) is 0.401. The lowest BCUT2D eigenvalue weighted by atomic mass is 10.4. The van der Waals surface area contributed by atoms with Crippen LogP contribution in [0.2, 0.25) is 0 Å². The first kappa shape index (κ1) is 9.49. The van der Waals surface area contributed by atoms with Gasteiger partial charge in [-0.1, -0.05) is 11.8 Å². The minimum absolute atomic E-state index is 0.0183. The SMILES string of the molecule is CSC(=O)[C@@H](C)NC(C)=O. The summed E-state index contributed by atoms with van der Waals surface area (Å²) >= 11 is 1.12. The fourth-order valence-electron chi connectivity index (χ4n) is 0.541. The molecule has 10 heavy (non-hydrogen) atoms. The highest BCUT2D eigenvalue weighted by Crippen LogP contribution is 1.98. The molecule has 0 rings (SSSR count). The van der Waals surface area contributed by atoms with Gasteiger partial charge in [-0.05, 0) is 13.2 Å². The van der Waals surface area contributed by atoms with Gasteiger partial charge >= 0.3 is 0 Å². The molecular formula is C6H11NO2S. The van der Waals surface area contributed by atoms with E-state index >= 15 is 0 Å². The second-order valence-corrected chi connectivity index (χ2v) is 2.76. The molecule has 0 aromatic heterocycles. The Balaban J connectivity index is 3.72. The second kappa shape index (κ2) is 4.33. The van der Waals surface area contributed by atoms with Gasteiger partial charge in [0, 0.05) is 6.92 Å². The van der Waals surface area contributed by atoms with Crippen LogP contribution < -0.4 is 5.32 Å². The molecule has 0 saturated carbocycles. The molecule has 1 atom stereocenters. The predicted molar refractivity (Wildman–Crippen MR) is 41.8 cm³/mol. The van der Waals surface area contributed by atoms with Crippen LogP contribution in [0.3, 0.4) is 0 Å². The molecule has 4 heteroatoms. The first-order valence-corrected chi connectivity index (χ1v) is 4.15. The van der Waals surface area contributed by atoms with Crippen molar-refractivity contribution in [3.8, 4) is 0 Å². The number of thioether (sulfide) groups is 1. The Hall–Kier alpha value is -0.510. The molecule has 0 aromatic rings. The molecule has 0 bridgehead atoms. The van der Waals surface area contributed by atoms with Crippen LogP contribution in [-0.2, 0) is 9.59 Å². The molecule has 0 aliphatic rings. The number of hydrogen-bond acceptors (Lipinski definition) is 3. The summed E-state index contributed by atoms with van der Waals surface area (Å²) in [6.45, 7) is 3.06. The molecule has 0 heterocycles. The van der Waals surface area contributed by atoms with Crippen LogP contribution in [0.1, 0.15) is 13.8 Å². The van der Waals surface area contributed by atoms with Crippen molar-refractivity contribution in [3.63, 3.8) is 0 Å². The van der Waals surface area contributed by atoms with E-state index in [-0.39, 0.29) is 17.1 Å². The Kier molecular flexibility index (Phi) is 4.11. The van der Waals surface area contributed by atoms with Crippen molar-refractivity contribution in [1.29, 1.82) is 0 Å². The zero-order chi connectivity index (χ0) is 8.15. The summed E-state index contributed by atoms with van der Waals surface area (Å²) < 4.78 is 0. The van der Waals surface area contributed by atoms with E-state index in [0.29, 0.717) is 0 Å². The molecular weight excluding hydrogens is 150 g/mol. The molecule has 1 N–H and O–H groups in total. The van der Waals surface area contributed by atoms with Crippen molar-refractivity contribution in [1.82, 2.24) is 5.32 Å². The fraction of sp³-hybridized carbons (Fsp3) is 0.667. The third-order valence-corrected chi connectivity index (χ3v) is 1.73. The van der Waals surface area contributed by atoms with Crippen LogP contribution in [0.4, 0.5) is 0 Å². The van der Waals surface area contributed by atoms with E-state index in [1.54, 1.807) is 13.2 Å². The average Bonchev–Trinajstić information content (AvgIpc) is 1.85. The van der Waals surface area contributed by atoms with Gasteiger partial charge in [-0.15, -0.1) is 0 Å². The van der Waals surface area contributed by atoms with Gasteiger partial charge in [0.2, 0.25) is 11.0 Å². The highest BCUT2D eigenvalue weighted by molar-refractivity contribution is 8.13. The van der Waals surface area contributed by atoms with Crippen LogP contribution in [0, 0.1) is 0 Å². The van der Waals surface area contributed by atoms with Gasteiger partial charge in [0.25, 0.3) is 0 Å². The van der Waals surface area contributed by atoms with Crippen LogP contribution in [0.25, 0.3) is 0 Å². The topological polar surface area (TPSA) is 46.2 Å². The number of hydrogen-bond donors (Lipinski definition) is 1. The molecule has 3 nitrogen and oxygen atoms in total. The van der Waals surface area contributed by atoms with Crippen LogP contribution >= 0.6 is 11.8 Å². The first-order chi connectivity index (χ1) is 4.57. The van der Waals surface area contributed by atoms with Crippen molar-refractivity contribution in [3.05, 3.63) is 0 Å². The zero-order valence-corrected chi connectivity index (χ0v) is 7.12. The van der Waals surface area contributed by atoms with Gasteiger partial charge in [-0.25, -0.2) is 0 Å². The number of carbonyl (C=O) groups is 2. The van der Waals surface area contributed by atoms with Crippen LogP contribution in [0.5, 0.6) is 0 Å². The van der Waals surface area contributed by atoms with Crippen molar-refractivity contribution in [2.24, 2.45) is 0 Å². The van der Waals surface area contributed by atoms with Crippen molar-refractivity contribution >= 4 is 22.8 Å². The number of carbonyl (C=O) groups excluding carboxylic acids is 2. The highest BCUT2D eigenvalue weighted by Gasteiger charge is 2.10. The summed E-state index contributed by atoms with van der Waals surface area (Å²) in [5, 5.41) is 2.47. The fourth-order valence-corrected chi connectivity index (χ4v) is 0.953. The van der Waals surface area contributed by atoms with E-state index in [1.165, 1.54) is 6.92 Å². The van der Waals surface area contributed by atoms with E-state index in [2.05, 4.69) is 5.32 Å². The summed E-state index contributed by atoms with van der Waals surface area (Å²) in [7, 11) is 0. The van der Waals surface area contributed by atoms with Crippen molar-refractivity contribution < 1.29 is 9.59 Å². The Bertz CT molecular complexity index is 147. The van der Waals surface area contributed by atoms with Crippen molar-refractivity contribution in [2.45, 2.75) is 19.9 Å². The molecule has 0 radical (unpaired) electrons. The van der Waals surface area contributed by atoms with Crippen LogP contribution in [-0.4, -0.2) is 23.3 Å². The largest absolute Gasteiger partial charge is 0.346 e. The molecule has 1 amide bonds. The van der Waals surface area contributed by atoms with Crippen molar-refractivity contribution in [2.75, 3.05) is 6.26 Å². The van der Waals surface area contributed by atoms with E-state index < -0.39 is 0 Å². The normalized spacial score (nSPS) is 12.3. The van der Waals surface area contributed by atoms with E-state index in [1.807, 2.05) is 0 Å². The summed E-state index contributed by atoms with van der Waals surface area (Å²) in [6, 6.07) is -0.368. The summed E-state index contributed by atoms with van der Waals surface area (Å²) in [6.07, 6.45) is 1.70. The smallest absolute Gasteiger partial charge is 0.217 e. The standard InChI is InChI=1S/C6H11NO2S/c1-4(6(9)10-3)7-5(2)8/h4H,1-3H3,(H,7,8)/t4-/m1/s1. The third-order valence-electron chi connectivity index (χ3n) is 0.975. The third kappa shape index (κ3) is 3.50. The number of nitrogens with one attached hydrogen (secondary N) is 1. The minimum atomic E-state index is -0.368. The molecule has 0 fully saturated rings. The molecule has 0 aliphatic carbocycles. The lowest BCUT2D eigenvalue weighted by Crippen LogP contribution is -2.35. The van der Waals surface area contributed by atoms with Gasteiger partial charge in [0.1, 0.15) is 0 Å². The van der Waals surface area contributed by atoms with E-state index in [4.69, 9.17) is 0 Å². The maximum atomic E-state index is 10.8. The molecule has 0 unspecified atom stereocenters. The quantitative estimate of drug-likeness (QED) is 0.637. The van der Waals surface area contributed by atoms with Gasteiger partial charge in [0.05, 0.1) is 6.04 Å². The van der Waals surface area contributed by atoms with E-state index in [0.717, 1.165) is 11.8 Å². The van der Waals surface area contributed by atoms with Gasteiger partial charge in [-0.2, -0.15) is 0 Å². The van der Waals surface area contributed by atoms with E-state index in [9.17, 15) is 9.59 Å². The lowest BCUT2D eigenvalue weighted by Gasteiger charge is -2.07. The molecule has 0 saturated heterocycles. The Morgan fingerprint density at radius 3 is 2.30 bits per heavy atom. The summed E-state index contributed by atoms with van der Waals surface area (Å²) in [5.74, 6) is -0.171.